The molecule has 1 fully saturated rings. The van der Waals surface area contributed by atoms with Gasteiger partial charge in [-0.25, -0.2) is 0 Å². The van der Waals surface area contributed by atoms with Crippen LogP contribution >= 0.6 is 0 Å². The van der Waals surface area contributed by atoms with Crippen LogP contribution in [0, 0.1) is 12.3 Å². The number of rotatable bonds is 4. The van der Waals surface area contributed by atoms with Crippen molar-refractivity contribution < 1.29 is 0 Å². The standard InChI is InChI=1S/C17H28N2/c1-14-4-6-15(7-5-14)16(18)8-11-19-12-9-17(2,3)10-13-19/h4-7,16H,8-13,18H2,1-3H3. The maximum absolute atomic E-state index is 6.29. The fourth-order valence-electron chi connectivity index (χ4n) is 2.68. The predicted octanol–water partition coefficient (Wildman–Crippen LogP) is 3.51. The van der Waals surface area contributed by atoms with Crippen molar-refractivity contribution in [2.24, 2.45) is 11.1 Å². The van der Waals surface area contributed by atoms with Crippen LogP contribution in [-0.2, 0) is 0 Å². The molecule has 19 heavy (non-hydrogen) atoms. The molecule has 0 amide bonds. The summed E-state index contributed by atoms with van der Waals surface area (Å²) >= 11 is 0. The number of hydrogen-bond donors (Lipinski definition) is 1. The molecule has 1 aliphatic heterocycles. The lowest BCUT2D eigenvalue weighted by Crippen LogP contribution is -2.38. The molecule has 1 saturated heterocycles. The summed E-state index contributed by atoms with van der Waals surface area (Å²) in [5.41, 5.74) is 9.39. The highest BCUT2D eigenvalue weighted by Crippen LogP contribution is 2.30. The quantitative estimate of drug-likeness (QED) is 0.897. The van der Waals surface area contributed by atoms with E-state index in [1.54, 1.807) is 0 Å². The van der Waals surface area contributed by atoms with Gasteiger partial charge in [0.05, 0.1) is 0 Å². The zero-order chi connectivity index (χ0) is 13.9. The molecular weight excluding hydrogens is 232 g/mol. The average molecular weight is 260 g/mol. The molecule has 0 saturated carbocycles. The van der Waals surface area contributed by atoms with Crippen molar-refractivity contribution in [1.29, 1.82) is 0 Å². The van der Waals surface area contributed by atoms with E-state index in [2.05, 4.69) is 49.9 Å². The second kappa shape index (κ2) is 6.06. The molecule has 2 rings (SSSR count). The van der Waals surface area contributed by atoms with Crippen molar-refractivity contribution in [3.05, 3.63) is 35.4 Å². The van der Waals surface area contributed by atoms with Crippen LogP contribution in [0.5, 0.6) is 0 Å². The highest BCUT2D eigenvalue weighted by Gasteiger charge is 2.25. The first-order chi connectivity index (χ1) is 8.96. The first kappa shape index (κ1) is 14.5. The normalized spacial score (nSPS) is 21.3. The molecule has 106 valence electrons. The zero-order valence-electron chi connectivity index (χ0n) is 12.7. The van der Waals surface area contributed by atoms with Crippen molar-refractivity contribution in [2.45, 2.75) is 46.1 Å². The molecule has 1 unspecified atom stereocenters. The smallest absolute Gasteiger partial charge is 0.0307 e. The van der Waals surface area contributed by atoms with Gasteiger partial charge in [0.15, 0.2) is 0 Å². The van der Waals surface area contributed by atoms with Crippen LogP contribution in [0.4, 0.5) is 0 Å². The van der Waals surface area contributed by atoms with Crippen molar-refractivity contribution >= 4 is 0 Å². The lowest BCUT2D eigenvalue weighted by atomic mass is 9.82. The lowest BCUT2D eigenvalue weighted by molar-refractivity contribution is 0.129. The Balaban J connectivity index is 1.78. The van der Waals surface area contributed by atoms with E-state index >= 15 is 0 Å². The Morgan fingerprint density at radius 2 is 1.74 bits per heavy atom. The Hall–Kier alpha value is -0.860. The van der Waals surface area contributed by atoms with Crippen LogP contribution in [0.2, 0.25) is 0 Å². The van der Waals surface area contributed by atoms with Gasteiger partial charge in [-0.15, -0.1) is 0 Å². The second-order valence-corrected chi connectivity index (χ2v) is 6.81. The summed E-state index contributed by atoms with van der Waals surface area (Å²) in [5, 5.41) is 0. The van der Waals surface area contributed by atoms with Crippen LogP contribution in [0.15, 0.2) is 24.3 Å². The van der Waals surface area contributed by atoms with E-state index in [9.17, 15) is 0 Å². The number of piperidine rings is 1. The second-order valence-electron chi connectivity index (χ2n) is 6.81. The van der Waals surface area contributed by atoms with E-state index in [1.165, 1.54) is 37.1 Å². The Kier molecular flexibility index (Phi) is 4.64. The van der Waals surface area contributed by atoms with Gasteiger partial charge in [0.25, 0.3) is 0 Å². The van der Waals surface area contributed by atoms with Gasteiger partial charge in [0.2, 0.25) is 0 Å². The summed E-state index contributed by atoms with van der Waals surface area (Å²) in [4.78, 5) is 2.57. The minimum absolute atomic E-state index is 0.176. The lowest BCUT2D eigenvalue weighted by Gasteiger charge is -2.37. The van der Waals surface area contributed by atoms with Crippen molar-refractivity contribution in [3.63, 3.8) is 0 Å². The predicted molar refractivity (Wildman–Crippen MR) is 82.2 cm³/mol. The summed E-state index contributed by atoms with van der Waals surface area (Å²) < 4.78 is 0. The fourth-order valence-corrected chi connectivity index (χ4v) is 2.68. The average Bonchev–Trinajstić information content (AvgIpc) is 2.38. The van der Waals surface area contributed by atoms with E-state index in [0.29, 0.717) is 5.41 Å². The molecule has 1 aliphatic rings. The molecule has 0 bridgehead atoms. The Labute approximate surface area is 118 Å². The van der Waals surface area contributed by atoms with Crippen molar-refractivity contribution in [3.8, 4) is 0 Å². The molecule has 1 atom stereocenters. The Morgan fingerprint density at radius 3 is 2.32 bits per heavy atom. The van der Waals surface area contributed by atoms with Crippen LogP contribution < -0.4 is 5.73 Å². The monoisotopic (exact) mass is 260 g/mol. The third-order valence-corrected chi connectivity index (χ3v) is 4.47. The topological polar surface area (TPSA) is 29.3 Å². The molecule has 0 aliphatic carbocycles. The minimum Gasteiger partial charge on any atom is -0.324 e. The summed E-state index contributed by atoms with van der Waals surface area (Å²) in [7, 11) is 0. The molecule has 0 radical (unpaired) electrons. The summed E-state index contributed by atoms with van der Waals surface area (Å²) in [6, 6.07) is 8.81. The van der Waals surface area contributed by atoms with Gasteiger partial charge >= 0.3 is 0 Å². The molecule has 1 heterocycles. The summed E-state index contributed by atoms with van der Waals surface area (Å²) in [6.07, 6.45) is 3.68. The van der Waals surface area contributed by atoms with Crippen LogP contribution in [0.3, 0.4) is 0 Å². The summed E-state index contributed by atoms with van der Waals surface area (Å²) in [5.74, 6) is 0. The Morgan fingerprint density at radius 1 is 1.16 bits per heavy atom. The first-order valence-corrected chi connectivity index (χ1v) is 7.51. The van der Waals surface area contributed by atoms with Crippen LogP contribution in [0.1, 0.15) is 50.3 Å². The highest BCUT2D eigenvalue weighted by atomic mass is 15.1. The van der Waals surface area contributed by atoms with E-state index in [-0.39, 0.29) is 6.04 Å². The fraction of sp³-hybridized carbons (Fsp3) is 0.647. The van der Waals surface area contributed by atoms with Gasteiger partial charge in [0.1, 0.15) is 0 Å². The van der Waals surface area contributed by atoms with E-state index in [1.807, 2.05) is 0 Å². The maximum atomic E-state index is 6.29. The largest absolute Gasteiger partial charge is 0.324 e. The molecule has 0 spiro atoms. The van der Waals surface area contributed by atoms with Crippen LogP contribution in [-0.4, -0.2) is 24.5 Å². The minimum atomic E-state index is 0.176. The number of hydrogen-bond acceptors (Lipinski definition) is 2. The molecule has 2 heteroatoms. The van der Waals surface area contributed by atoms with Gasteiger partial charge in [-0.05, 0) is 56.8 Å². The number of likely N-dealkylation sites (tertiary alicyclic amines) is 1. The van der Waals surface area contributed by atoms with E-state index in [4.69, 9.17) is 5.73 Å². The van der Waals surface area contributed by atoms with Crippen molar-refractivity contribution in [1.82, 2.24) is 4.90 Å². The molecule has 1 aromatic rings. The number of benzene rings is 1. The van der Waals surface area contributed by atoms with Gasteiger partial charge in [-0.1, -0.05) is 43.7 Å². The summed E-state index contributed by atoms with van der Waals surface area (Å²) in [6.45, 7) is 10.5. The molecule has 0 aromatic heterocycles. The number of aryl methyl sites for hydroxylation is 1. The zero-order valence-corrected chi connectivity index (χ0v) is 12.7. The van der Waals surface area contributed by atoms with Crippen molar-refractivity contribution in [2.75, 3.05) is 19.6 Å². The highest BCUT2D eigenvalue weighted by molar-refractivity contribution is 5.23. The Bertz CT molecular complexity index is 384. The van der Waals surface area contributed by atoms with Gasteiger partial charge in [-0.3, -0.25) is 0 Å². The number of nitrogens with zero attached hydrogens (tertiary/aromatic N) is 1. The van der Waals surface area contributed by atoms with E-state index < -0.39 is 0 Å². The van der Waals surface area contributed by atoms with Crippen LogP contribution in [0.25, 0.3) is 0 Å². The van der Waals surface area contributed by atoms with Gasteiger partial charge in [-0.2, -0.15) is 0 Å². The molecule has 2 nitrogen and oxygen atoms in total. The third-order valence-electron chi connectivity index (χ3n) is 4.47. The maximum Gasteiger partial charge on any atom is 0.0307 e. The number of nitrogens with two attached hydrogens (primary N) is 1. The molecular formula is C17H28N2. The molecule has 1 aromatic carbocycles. The van der Waals surface area contributed by atoms with Gasteiger partial charge < -0.3 is 10.6 Å². The first-order valence-electron chi connectivity index (χ1n) is 7.51. The van der Waals surface area contributed by atoms with E-state index in [0.717, 1.165) is 13.0 Å². The third kappa shape index (κ3) is 4.32. The molecule has 2 N–H and O–H groups in total. The SMILES string of the molecule is Cc1ccc(C(N)CCN2CCC(C)(C)CC2)cc1. The van der Waals surface area contributed by atoms with Gasteiger partial charge in [0, 0.05) is 6.04 Å².